The molecule has 9 heterocycles. The van der Waals surface area contributed by atoms with Gasteiger partial charge < -0.3 is 24.6 Å². The number of aromatic nitrogens is 7. The molecule has 18 nitrogen and oxygen atoms in total. The van der Waals surface area contributed by atoms with Gasteiger partial charge in [0.15, 0.2) is 11.3 Å². The summed E-state index contributed by atoms with van der Waals surface area (Å²) in [5, 5.41) is 13.5. The number of nitrogens with one attached hydrogen (secondary N) is 2. The summed E-state index contributed by atoms with van der Waals surface area (Å²) in [5.74, 6) is -0.390. The van der Waals surface area contributed by atoms with Crippen molar-refractivity contribution in [3.05, 3.63) is 64.6 Å². The van der Waals surface area contributed by atoms with E-state index in [1.807, 2.05) is 18.2 Å². The van der Waals surface area contributed by atoms with Crippen molar-refractivity contribution in [3.63, 3.8) is 0 Å². The van der Waals surface area contributed by atoms with Crippen molar-refractivity contribution >= 4 is 51.6 Å². The van der Waals surface area contributed by atoms with Crippen LogP contribution in [-0.4, -0.2) is 133 Å². The van der Waals surface area contributed by atoms with Crippen LogP contribution in [0.15, 0.2) is 47.7 Å². The second-order valence-electron chi connectivity index (χ2n) is 18.5. The van der Waals surface area contributed by atoms with Crippen LogP contribution in [0.1, 0.15) is 85.9 Å². The van der Waals surface area contributed by atoms with Gasteiger partial charge in [0, 0.05) is 65.1 Å². The highest BCUT2D eigenvalue weighted by Gasteiger charge is 2.41. The number of hydrogen-bond donors (Lipinski definition) is 2. The highest BCUT2D eigenvalue weighted by atomic mass is 19.3. The lowest BCUT2D eigenvalue weighted by molar-refractivity contribution is -0.135. The molecule has 2 N–H and O–H groups in total. The third-order valence-corrected chi connectivity index (χ3v) is 14.4. The molecule has 1 saturated carbocycles. The number of morpholine rings is 1. The summed E-state index contributed by atoms with van der Waals surface area (Å²) in [6, 6.07) is 6.77. The zero-order valence-electron chi connectivity index (χ0n) is 35.9. The Balaban J connectivity index is 0.663. The number of para-hydroxylation sites is 1. The number of ether oxygens (including phenoxy) is 2. The predicted octanol–water partition coefficient (Wildman–Crippen LogP) is 3.77. The Bertz CT molecular complexity index is 2720. The van der Waals surface area contributed by atoms with Crippen LogP contribution in [0.2, 0.25) is 0 Å². The molecule has 5 atom stereocenters. The summed E-state index contributed by atoms with van der Waals surface area (Å²) in [4.78, 5) is 62.5. The first-order chi connectivity index (χ1) is 31.4. The highest BCUT2D eigenvalue weighted by molar-refractivity contribution is 6.08. The number of piperidine rings is 2. The Morgan fingerprint density at radius 1 is 1.03 bits per heavy atom. The summed E-state index contributed by atoms with van der Waals surface area (Å²) in [6.45, 7) is 4.13. The van der Waals surface area contributed by atoms with Crippen LogP contribution in [0.25, 0.3) is 16.7 Å². The molecule has 6 aliphatic rings. The number of hydrogen-bond acceptors (Lipinski definition) is 12. The van der Waals surface area contributed by atoms with Gasteiger partial charge in [-0.25, -0.2) is 27.5 Å². The summed E-state index contributed by atoms with van der Waals surface area (Å²) >= 11 is 0. The van der Waals surface area contributed by atoms with Gasteiger partial charge >= 0.3 is 5.69 Å². The average Bonchev–Trinajstić information content (AvgIpc) is 4.13. The van der Waals surface area contributed by atoms with E-state index in [4.69, 9.17) is 14.5 Å². The Labute approximate surface area is 370 Å². The van der Waals surface area contributed by atoms with E-state index >= 15 is 4.39 Å². The second-order valence-corrected chi connectivity index (χ2v) is 18.5. The van der Waals surface area contributed by atoms with Crippen molar-refractivity contribution in [2.75, 3.05) is 61.0 Å². The number of benzene rings is 1. The van der Waals surface area contributed by atoms with Crippen molar-refractivity contribution in [2.45, 2.75) is 100 Å². The van der Waals surface area contributed by atoms with E-state index in [9.17, 15) is 28.0 Å². The normalized spacial score (nSPS) is 27.6. The van der Waals surface area contributed by atoms with Gasteiger partial charge in [-0.3, -0.25) is 38.4 Å². The highest BCUT2D eigenvalue weighted by Crippen LogP contribution is 2.38. The first-order valence-electron chi connectivity index (χ1n) is 22.7. The SMILES string of the molecule is Cn1c(=O)n(C2CCC(=O)NC2=O)c2cccc(N3CC(O[C@@H]4CCN(CC5CCC(n6cc(NC(=O)c7cnn8ccc(N9C[C@H]%10C[C@@H]9CO%10)nc78)c(C(F)F)n6)CC5)C[C@H]4F)C3)c21. The van der Waals surface area contributed by atoms with Crippen LogP contribution in [0.4, 0.5) is 30.4 Å². The van der Waals surface area contributed by atoms with E-state index in [1.165, 1.54) is 26.0 Å². The Morgan fingerprint density at radius 3 is 2.60 bits per heavy atom. The number of anilines is 3. The van der Waals surface area contributed by atoms with Gasteiger partial charge in [-0.15, -0.1) is 0 Å². The van der Waals surface area contributed by atoms with E-state index < -0.39 is 42.3 Å². The Morgan fingerprint density at radius 2 is 1.86 bits per heavy atom. The fourth-order valence-corrected chi connectivity index (χ4v) is 11.0. The van der Waals surface area contributed by atoms with Crippen molar-refractivity contribution in [2.24, 2.45) is 13.0 Å². The number of aryl methyl sites for hydroxylation is 1. The smallest absolute Gasteiger partial charge is 0.329 e. The molecule has 6 fully saturated rings. The van der Waals surface area contributed by atoms with Gasteiger partial charge in [0.1, 0.15) is 23.6 Å². The molecular weight excluding hydrogens is 850 g/mol. The fraction of sp³-hybridized carbons (Fsp3) is 0.568. The molecular formula is C44H51F3N12O6. The summed E-state index contributed by atoms with van der Waals surface area (Å²) in [6.07, 6.45) is 5.05. The molecule has 3 amide bonds. The van der Waals surface area contributed by atoms with Crippen molar-refractivity contribution in [1.29, 1.82) is 0 Å². The monoisotopic (exact) mass is 900 g/mol. The molecule has 344 valence electrons. The number of imide groups is 1. The van der Waals surface area contributed by atoms with Gasteiger partial charge in [0.05, 0.1) is 65.6 Å². The molecule has 0 radical (unpaired) electrons. The maximum atomic E-state index is 15.7. The molecule has 5 saturated heterocycles. The molecule has 0 spiro atoms. The first kappa shape index (κ1) is 41.9. The second kappa shape index (κ2) is 16.6. The minimum absolute atomic E-state index is 0.0450. The number of fused-ring (bicyclic) bond motifs is 4. The summed E-state index contributed by atoms with van der Waals surface area (Å²) in [5.41, 5.74) is 1.77. The lowest BCUT2D eigenvalue weighted by Gasteiger charge is -2.45. The molecule has 5 aromatic rings. The summed E-state index contributed by atoms with van der Waals surface area (Å²) < 4.78 is 62.4. The van der Waals surface area contributed by atoms with Crippen molar-refractivity contribution < 1.29 is 37.0 Å². The van der Waals surface area contributed by atoms with E-state index in [1.54, 1.807) is 24.0 Å². The number of carbonyl (C=O) groups excluding carboxylic acids is 3. The topological polar surface area (TPSA) is 178 Å². The van der Waals surface area contributed by atoms with Gasteiger partial charge in [-0.1, -0.05) is 6.07 Å². The Hall–Kier alpha value is -5.80. The van der Waals surface area contributed by atoms with E-state index in [2.05, 4.69) is 35.5 Å². The largest absolute Gasteiger partial charge is 0.374 e. The lowest BCUT2D eigenvalue weighted by atomic mass is 9.85. The maximum absolute atomic E-state index is 15.7. The lowest BCUT2D eigenvalue weighted by Crippen LogP contribution is -2.56. The molecule has 4 aromatic heterocycles. The zero-order chi connectivity index (χ0) is 44.7. The standard InChI is InChI=1S/C44H51F3N12O6/c1-53-39-32(3-2-4-33(39)59(44(53)63)34-9-10-37(60)51-43(34)62)55-18-28(19-55)65-35-11-13-54(21-30(35)45)17-24-5-7-25(8-6-24)58-22-31(38(52-58)40(46)47)49-42(61)29-16-48-57-14-12-36(50-41(29)57)56-20-27-15-26(56)23-64-27/h2-4,12,14,16,22,24-28,30,34-35,40H,5-11,13,15,17-21,23H2,1H3,(H,49,61)(H,51,60,62)/t24?,25?,26-,27-,30-,34?,35-/m1/s1. The van der Waals surface area contributed by atoms with Crippen molar-refractivity contribution in [1.82, 2.24) is 43.7 Å². The minimum atomic E-state index is -2.90. The number of imidazole rings is 1. The number of amides is 3. The van der Waals surface area contributed by atoms with Crippen LogP contribution in [-0.2, 0) is 26.1 Å². The fourth-order valence-electron chi connectivity index (χ4n) is 11.0. The van der Waals surface area contributed by atoms with Gasteiger partial charge in [0.2, 0.25) is 11.8 Å². The zero-order valence-corrected chi connectivity index (χ0v) is 35.9. The van der Waals surface area contributed by atoms with Gasteiger partial charge in [-0.2, -0.15) is 10.2 Å². The third-order valence-electron chi connectivity index (χ3n) is 14.4. The Kier molecular flexibility index (Phi) is 10.7. The van der Waals surface area contributed by atoms with E-state index in [0.717, 1.165) is 38.0 Å². The van der Waals surface area contributed by atoms with Crippen molar-refractivity contribution in [3.8, 4) is 0 Å². The number of halogens is 3. The maximum Gasteiger partial charge on any atom is 0.329 e. The van der Waals surface area contributed by atoms with Crippen LogP contribution in [0.5, 0.6) is 0 Å². The molecule has 1 aliphatic carbocycles. The number of carbonyl (C=O) groups is 3. The molecule has 5 aliphatic heterocycles. The molecule has 1 aromatic carbocycles. The van der Waals surface area contributed by atoms with E-state index in [-0.39, 0.29) is 66.5 Å². The number of rotatable bonds is 11. The minimum Gasteiger partial charge on any atom is -0.374 e. The molecule has 65 heavy (non-hydrogen) atoms. The molecule has 1 unspecified atom stereocenters. The first-order valence-corrected chi connectivity index (χ1v) is 22.7. The number of likely N-dealkylation sites (tertiary alicyclic amines) is 1. The van der Waals surface area contributed by atoms with E-state index in [0.29, 0.717) is 73.9 Å². The van der Waals surface area contributed by atoms with Gasteiger partial charge in [0.25, 0.3) is 12.3 Å². The molecule has 2 bridgehead atoms. The van der Waals surface area contributed by atoms with Crippen LogP contribution in [0.3, 0.4) is 0 Å². The van der Waals surface area contributed by atoms with Gasteiger partial charge in [-0.05, 0) is 69.1 Å². The van der Waals surface area contributed by atoms with Crippen LogP contribution < -0.4 is 26.1 Å². The quantitative estimate of drug-likeness (QED) is 0.184. The average molecular weight is 901 g/mol. The predicted molar refractivity (Wildman–Crippen MR) is 230 cm³/mol. The molecule has 21 heteroatoms. The molecule has 11 rings (SSSR count). The summed E-state index contributed by atoms with van der Waals surface area (Å²) in [7, 11) is 1.67. The number of alkyl halides is 3. The van der Waals surface area contributed by atoms with Crippen LogP contribution >= 0.6 is 0 Å². The third kappa shape index (κ3) is 7.63. The van der Waals surface area contributed by atoms with Crippen LogP contribution in [0, 0.1) is 5.92 Å². The number of nitrogens with zero attached hydrogens (tertiary/aromatic N) is 10.